The number of carbonyl (C=O) groups excluding carboxylic acids is 2. The first-order chi connectivity index (χ1) is 12.7. The lowest BCUT2D eigenvalue weighted by molar-refractivity contribution is -0.142. The molecule has 0 aromatic heterocycles. The lowest BCUT2D eigenvalue weighted by atomic mass is 10.1. The fourth-order valence-corrected chi connectivity index (χ4v) is 4.36. The maximum Gasteiger partial charge on any atom is 0.307 e. The molecule has 0 unspecified atom stereocenters. The quantitative estimate of drug-likeness (QED) is 0.554. The van der Waals surface area contributed by atoms with E-state index in [2.05, 4.69) is 4.72 Å². The predicted molar refractivity (Wildman–Crippen MR) is 102 cm³/mol. The zero-order chi connectivity index (χ0) is 20.0. The van der Waals surface area contributed by atoms with Gasteiger partial charge in [-0.05, 0) is 31.9 Å². The Bertz CT molecular complexity index is 913. The van der Waals surface area contributed by atoms with Crippen molar-refractivity contribution in [2.75, 3.05) is 13.2 Å². The van der Waals surface area contributed by atoms with E-state index in [1.807, 2.05) is 6.92 Å². The molecule has 144 valence electrons. The third-order valence-corrected chi connectivity index (χ3v) is 5.72. The van der Waals surface area contributed by atoms with Crippen LogP contribution in [0.3, 0.4) is 0 Å². The molecule has 1 N–H and O–H groups in total. The summed E-state index contributed by atoms with van der Waals surface area (Å²) in [6, 6.07) is 12.1. The van der Waals surface area contributed by atoms with E-state index < -0.39 is 16.0 Å². The van der Waals surface area contributed by atoms with Crippen LogP contribution in [0.25, 0.3) is 0 Å². The first-order valence-corrected chi connectivity index (χ1v) is 10.0. The van der Waals surface area contributed by atoms with Crippen molar-refractivity contribution in [1.29, 1.82) is 0 Å². The van der Waals surface area contributed by atoms with Gasteiger partial charge in [-0.15, -0.1) is 0 Å². The number of benzene rings is 2. The molecule has 6 nitrogen and oxygen atoms in total. The molecule has 0 aliphatic heterocycles. The second-order valence-corrected chi connectivity index (χ2v) is 8.03. The molecule has 0 aliphatic carbocycles. The van der Waals surface area contributed by atoms with Gasteiger partial charge in [0.1, 0.15) is 0 Å². The summed E-state index contributed by atoms with van der Waals surface area (Å²) in [5.41, 5.74) is 2.74. The van der Waals surface area contributed by atoms with Gasteiger partial charge in [0.2, 0.25) is 10.0 Å². The summed E-state index contributed by atoms with van der Waals surface area (Å²) in [7, 11) is -3.73. The first kappa shape index (κ1) is 20.8. The van der Waals surface area contributed by atoms with Gasteiger partial charge in [0.05, 0.1) is 11.3 Å². The minimum absolute atomic E-state index is 0.104. The number of Topliss-reactive ketones (excluding diaryl/α,β-unsaturated/α-hetero) is 1. The van der Waals surface area contributed by atoms with Crippen LogP contribution in [0.5, 0.6) is 0 Å². The highest BCUT2D eigenvalue weighted by Gasteiger charge is 2.20. The number of ketones is 1. The molecule has 0 saturated carbocycles. The van der Waals surface area contributed by atoms with Crippen LogP contribution in [0, 0.1) is 20.8 Å². The molecule has 0 aliphatic rings. The Hall–Kier alpha value is -2.51. The number of sulfonamides is 1. The fourth-order valence-electron chi connectivity index (χ4n) is 2.88. The monoisotopic (exact) mass is 389 g/mol. The van der Waals surface area contributed by atoms with Crippen molar-refractivity contribution in [1.82, 2.24) is 4.72 Å². The fraction of sp³-hybridized carbons (Fsp3) is 0.300. The van der Waals surface area contributed by atoms with Gasteiger partial charge in [-0.3, -0.25) is 9.59 Å². The summed E-state index contributed by atoms with van der Waals surface area (Å²) in [6.07, 6.45) is -0.161. The number of nitrogens with one attached hydrogen (secondary N) is 1. The summed E-state index contributed by atoms with van der Waals surface area (Å²) < 4.78 is 32.3. The van der Waals surface area contributed by atoms with E-state index in [1.54, 1.807) is 56.3 Å². The lowest BCUT2D eigenvalue weighted by Crippen LogP contribution is -2.28. The molecule has 0 heterocycles. The van der Waals surface area contributed by atoms with Crippen molar-refractivity contribution in [2.45, 2.75) is 32.1 Å². The van der Waals surface area contributed by atoms with E-state index >= 15 is 0 Å². The van der Waals surface area contributed by atoms with Crippen molar-refractivity contribution in [3.8, 4) is 0 Å². The highest BCUT2D eigenvalue weighted by Crippen LogP contribution is 2.21. The van der Waals surface area contributed by atoms with Gasteiger partial charge in [0, 0.05) is 12.1 Å². The van der Waals surface area contributed by atoms with Gasteiger partial charge >= 0.3 is 5.97 Å². The molecule has 27 heavy (non-hydrogen) atoms. The van der Waals surface area contributed by atoms with Crippen molar-refractivity contribution in [3.05, 3.63) is 64.7 Å². The average Bonchev–Trinajstić information content (AvgIpc) is 2.59. The highest BCUT2D eigenvalue weighted by atomic mass is 32.2. The minimum Gasteiger partial charge on any atom is -0.457 e. The summed E-state index contributed by atoms with van der Waals surface area (Å²) >= 11 is 0. The van der Waals surface area contributed by atoms with E-state index in [9.17, 15) is 18.0 Å². The number of esters is 1. The number of rotatable bonds is 8. The SMILES string of the molecule is Cc1cc(C)c(S(=O)(=O)NCCC(=O)OCC(=O)c2ccccc2)c(C)c1. The van der Waals surface area contributed by atoms with Crippen LogP contribution >= 0.6 is 0 Å². The van der Waals surface area contributed by atoms with E-state index in [-0.39, 0.29) is 30.3 Å². The van der Waals surface area contributed by atoms with Gasteiger partial charge in [0.15, 0.2) is 12.4 Å². The molecule has 0 fully saturated rings. The second kappa shape index (κ2) is 8.92. The second-order valence-electron chi connectivity index (χ2n) is 6.33. The van der Waals surface area contributed by atoms with E-state index in [1.165, 1.54) is 0 Å². The van der Waals surface area contributed by atoms with Crippen LogP contribution in [-0.4, -0.2) is 33.3 Å². The van der Waals surface area contributed by atoms with Crippen LogP contribution in [0.2, 0.25) is 0 Å². The number of hydrogen-bond acceptors (Lipinski definition) is 5. The van der Waals surface area contributed by atoms with Gasteiger partial charge in [-0.2, -0.15) is 0 Å². The summed E-state index contributed by atoms with van der Waals surface area (Å²) in [4.78, 5) is 23.9. The topological polar surface area (TPSA) is 89.5 Å². The van der Waals surface area contributed by atoms with Gasteiger partial charge in [-0.1, -0.05) is 48.0 Å². The average molecular weight is 389 g/mol. The normalized spacial score (nSPS) is 11.2. The van der Waals surface area contributed by atoms with E-state index in [0.717, 1.165) is 5.56 Å². The number of hydrogen-bond donors (Lipinski definition) is 1. The lowest BCUT2D eigenvalue weighted by Gasteiger charge is -2.13. The summed E-state index contributed by atoms with van der Waals surface area (Å²) in [5.74, 6) is -0.949. The van der Waals surface area contributed by atoms with Crippen molar-refractivity contribution in [2.24, 2.45) is 0 Å². The summed E-state index contributed by atoms with van der Waals surface area (Å²) in [6.45, 7) is 4.89. The maximum absolute atomic E-state index is 12.5. The Labute approximate surface area is 159 Å². The minimum atomic E-state index is -3.73. The molecular weight excluding hydrogens is 366 g/mol. The molecule has 0 amide bonds. The molecule has 0 radical (unpaired) electrons. The maximum atomic E-state index is 12.5. The molecular formula is C20H23NO5S. The zero-order valence-corrected chi connectivity index (χ0v) is 16.4. The molecule has 0 spiro atoms. The molecule has 2 aromatic rings. The largest absolute Gasteiger partial charge is 0.457 e. The van der Waals surface area contributed by atoms with E-state index in [0.29, 0.717) is 16.7 Å². The standard InChI is InChI=1S/C20H23NO5S/c1-14-11-15(2)20(16(3)12-14)27(24,25)21-10-9-19(23)26-13-18(22)17-7-5-4-6-8-17/h4-8,11-12,21H,9-10,13H2,1-3H3. The highest BCUT2D eigenvalue weighted by molar-refractivity contribution is 7.89. The Morgan fingerprint density at radius 2 is 1.59 bits per heavy atom. The van der Waals surface area contributed by atoms with Gasteiger partial charge < -0.3 is 4.74 Å². The van der Waals surface area contributed by atoms with Crippen LogP contribution in [0.15, 0.2) is 47.4 Å². The number of carbonyl (C=O) groups is 2. The molecule has 2 aromatic carbocycles. The third kappa shape index (κ3) is 5.74. The molecule has 0 saturated heterocycles. The Kier molecular flexibility index (Phi) is 6.87. The Morgan fingerprint density at radius 3 is 2.19 bits per heavy atom. The van der Waals surface area contributed by atoms with Gasteiger partial charge in [0.25, 0.3) is 0 Å². The third-order valence-electron chi connectivity index (χ3n) is 3.95. The van der Waals surface area contributed by atoms with E-state index in [4.69, 9.17) is 4.74 Å². The Balaban J connectivity index is 1.86. The van der Waals surface area contributed by atoms with Gasteiger partial charge in [-0.25, -0.2) is 13.1 Å². The van der Waals surface area contributed by atoms with Crippen LogP contribution in [0.4, 0.5) is 0 Å². The Morgan fingerprint density at radius 1 is 1.00 bits per heavy atom. The molecule has 7 heteroatoms. The molecule has 2 rings (SSSR count). The first-order valence-electron chi connectivity index (χ1n) is 8.52. The molecule has 0 atom stereocenters. The number of ether oxygens (including phenoxy) is 1. The molecule has 0 bridgehead atoms. The number of aryl methyl sites for hydroxylation is 3. The van der Waals surface area contributed by atoms with Crippen molar-refractivity contribution in [3.63, 3.8) is 0 Å². The van der Waals surface area contributed by atoms with Crippen LogP contribution in [-0.2, 0) is 19.6 Å². The summed E-state index contributed by atoms with van der Waals surface area (Å²) in [5, 5.41) is 0. The van der Waals surface area contributed by atoms with Crippen LogP contribution < -0.4 is 4.72 Å². The van der Waals surface area contributed by atoms with Crippen LogP contribution in [0.1, 0.15) is 33.5 Å². The predicted octanol–water partition coefficient (Wildman–Crippen LogP) is 2.71. The van der Waals surface area contributed by atoms with Crippen molar-refractivity contribution < 1.29 is 22.7 Å². The van der Waals surface area contributed by atoms with Crippen molar-refractivity contribution >= 4 is 21.8 Å². The smallest absolute Gasteiger partial charge is 0.307 e. The zero-order valence-electron chi connectivity index (χ0n) is 15.6.